The van der Waals surface area contributed by atoms with E-state index >= 15 is 52.7 Å². The van der Waals surface area contributed by atoms with E-state index in [0.29, 0.717) is 5.56 Å². The number of aromatic amines is 2. The zero-order valence-electron chi connectivity index (χ0n) is 35.0. The molecule has 0 radical (unpaired) electrons. The third-order valence-corrected chi connectivity index (χ3v) is 11.4. The molecule has 2 aliphatic heterocycles. The number of hydrogen-bond acceptors (Lipinski definition) is 4. The van der Waals surface area contributed by atoms with Crippen LogP contribution in [0.1, 0.15) is 49.1 Å². The maximum atomic E-state index is 16.0. The first-order valence-electron chi connectivity index (χ1n) is 19.9. The van der Waals surface area contributed by atoms with Crippen molar-refractivity contribution < 1.29 is 65.9 Å². The molecule has 69 heavy (non-hydrogen) atoms. The van der Waals surface area contributed by atoms with E-state index in [1.165, 1.54) is 18.2 Å². The number of anilines is 2. The predicted molar refractivity (Wildman–Crippen MR) is 227 cm³/mol. The van der Waals surface area contributed by atoms with Crippen molar-refractivity contribution in [3.8, 4) is 44.5 Å². The third kappa shape index (κ3) is 6.99. The molecule has 2 aliphatic rings. The Morgan fingerprint density at radius 3 is 0.783 bits per heavy atom. The van der Waals surface area contributed by atoms with Gasteiger partial charge in [-0.2, -0.15) is 0 Å². The van der Waals surface area contributed by atoms with Crippen molar-refractivity contribution in [2.75, 3.05) is 11.5 Å². The molecule has 4 aromatic carbocycles. The van der Waals surface area contributed by atoms with Crippen LogP contribution in [0.3, 0.4) is 0 Å². The molecule has 5 heterocycles. The van der Waals surface area contributed by atoms with Gasteiger partial charge in [-0.05, 0) is 71.7 Å². The Hall–Kier alpha value is -7.97. The summed E-state index contributed by atoms with van der Waals surface area (Å²) in [4.78, 5) is 13.9. The lowest BCUT2D eigenvalue weighted by Gasteiger charge is -2.22. The van der Waals surface area contributed by atoms with E-state index in [2.05, 4.69) is 19.9 Å². The zero-order chi connectivity index (χ0) is 50.0. The van der Waals surface area contributed by atoms with E-state index in [0.717, 1.165) is 42.5 Å². The molecular weight excluding hydrogens is 946 g/mol. The number of nitrogens with zero attached hydrogens (tertiary/aromatic N) is 2. The van der Waals surface area contributed by atoms with Gasteiger partial charge in [0.2, 0.25) is 17.5 Å². The van der Waals surface area contributed by atoms with Crippen LogP contribution in [0.25, 0.3) is 90.9 Å². The lowest BCUT2D eigenvalue weighted by atomic mass is 9.84. The summed E-state index contributed by atoms with van der Waals surface area (Å²) in [6.07, 6.45) is 3.78. The minimum absolute atomic E-state index is 0.0318. The fourth-order valence-electron chi connectivity index (χ4n) is 8.14. The highest BCUT2D eigenvalue weighted by molar-refractivity contribution is 6.03. The molecule has 0 aliphatic carbocycles. The van der Waals surface area contributed by atoms with Crippen LogP contribution in [0.2, 0.25) is 0 Å². The highest BCUT2D eigenvalue weighted by atomic mass is 19.2. The summed E-state index contributed by atoms with van der Waals surface area (Å²) in [7, 11) is 0. The van der Waals surface area contributed by atoms with Crippen molar-refractivity contribution >= 4 is 57.7 Å². The quantitative estimate of drug-likeness (QED) is 0.0609. The van der Waals surface area contributed by atoms with Gasteiger partial charge in [0.05, 0.1) is 39.5 Å². The number of halogens is 15. The van der Waals surface area contributed by atoms with Crippen molar-refractivity contribution in [1.82, 2.24) is 19.9 Å². The molecule has 0 spiro atoms. The van der Waals surface area contributed by atoms with E-state index in [4.69, 9.17) is 11.5 Å². The highest BCUT2D eigenvalue weighted by Gasteiger charge is 2.34. The van der Waals surface area contributed by atoms with Gasteiger partial charge in [0.25, 0.3) is 0 Å². The summed E-state index contributed by atoms with van der Waals surface area (Å²) in [5, 5.41) is 0. The average molecular weight is 971 g/mol. The summed E-state index contributed by atoms with van der Waals surface area (Å²) in [5.74, 6) is -37.0. The minimum Gasteiger partial charge on any atom is -0.398 e. The summed E-state index contributed by atoms with van der Waals surface area (Å²) >= 11 is 0. The van der Waals surface area contributed by atoms with E-state index in [9.17, 15) is 13.2 Å². The number of nitrogen functional groups attached to an aromatic ring is 2. The van der Waals surface area contributed by atoms with Crippen molar-refractivity contribution in [2.24, 2.45) is 0 Å². The second kappa shape index (κ2) is 16.1. The number of H-pyrrole nitrogens is 2. The van der Waals surface area contributed by atoms with Crippen molar-refractivity contribution in [1.29, 1.82) is 0 Å². The number of nitrogens with one attached hydrogen (secondary N) is 2. The van der Waals surface area contributed by atoms with Crippen LogP contribution in [0.5, 0.6) is 0 Å². The second-order valence-corrected chi connectivity index (χ2v) is 16.6. The lowest BCUT2D eigenvalue weighted by Crippen LogP contribution is -2.13. The molecule has 8 bridgehead atoms. The molecule has 9 rings (SSSR count). The van der Waals surface area contributed by atoms with Gasteiger partial charge in [0, 0.05) is 61.3 Å². The van der Waals surface area contributed by atoms with Crippen molar-refractivity contribution in [3.05, 3.63) is 152 Å². The lowest BCUT2D eigenvalue weighted by molar-refractivity contribution is 0.381. The van der Waals surface area contributed by atoms with E-state index in [1.54, 1.807) is 0 Å². The van der Waals surface area contributed by atoms with Gasteiger partial charge >= 0.3 is 0 Å². The molecule has 7 aromatic rings. The molecular formula is C48H25F15N6. The van der Waals surface area contributed by atoms with Gasteiger partial charge < -0.3 is 21.4 Å². The first-order valence-corrected chi connectivity index (χ1v) is 19.9. The monoisotopic (exact) mass is 970 g/mol. The largest absolute Gasteiger partial charge is 0.398 e. The molecule has 0 amide bonds. The molecule has 0 saturated heterocycles. The maximum absolute atomic E-state index is 16.0. The van der Waals surface area contributed by atoms with Crippen molar-refractivity contribution in [3.63, 3.8) is 0 Å². The summed E-state index contributed by atoms with van der Waals surface area (Å²) in [6, 6.07) is 6.94. The Balaban J connectivity index is 1.58. The molecule has 0 atom stereocenters. The SMILES string of the molecule is CC(C)(C)c1cc(N)c(-c2c3nc(c(-c4c(F)c(F)c(F)c(F)c4F)c4ccc([nH]4)c(-c4c(F)c(F)c(F)c(F)c4F)c4nc(c(-c5c(F)c(F)c(F)c(F)c5F)c5ccc2[nH]5)C=C4)C=C3)c(N)c1. The average Bonchev–Trinajstić information content (AvgIpc) is 4.16. The van der Waals surface area contributed by atoms with Gasteiger partial charge in [-0.1, -0.05) is 20.8 Å². The molecule has 3 aromatic heterocycles. The molecule has 6 N–H and O–H groups in total. The van der Waals surface area contributed by atoms with Crippen LogP contribution in [-0.4, -0.2) is 19.9 Å². The zero-order valence-corrected chi connectivity index (χ0v) is 35.0. The third-order valence-electron chi connectivity index (χ3n) is 11.4. The Kier molecular flexibility index (Phi) is 10.8. The predicted octanol–water partition coefficient (Wildman–Crippen LogP) is 13.9. The van der Waals surface area contributed by atoms with Crippen LogP contribution in [0, 0.1) is 87.3 Å². The van der Waals surface area contributed by atoms with Gasteiger partial charge in [0.1, 0.15) is 0 Å². The van der Waals surface area contributed by atoms with Gasteiger partial charge in [-0.15, -0.1) is 0 Å². The number of fused-ring (bicyclic) bond motifs is 8. The standard InChI is InChI=1S/C48H25F15N6/c1-48(2,3)14-12-15(64)25(16(65)13-14)26-17-4-6-19(66-17)27(30-33(49)39(55)45(61)40(56)34(30)50)21-8-10-23(68-21)29(32-37(53)43(59)47(63)44(60)38(32)54)24-11-9-22(69-24)28(20-7-5-18(26)67-20)31-35(51)41(57)46(62)42(58)36(31)52/h4-13,66,69H,64-65H2,1-3H3. The highest BCUT2D eigenvalue weighted by Crippen LogP contribution is 2.45. The maximum Gasteiger partial charge on any atom is 0.200 e. The Morgan fingerprint density at radius 2 is 0.551 bits per heavy atom. The summed E-state index contributed by atoms with van der Waals surface area (Å²) < 4.78 is 229. The molecule has 0 saturated carbocycles. The molecule has 21 heteroatoms. The number of hydrogen-bond donors (Lipinski definition) is 4. The number of benzene rings is 4. The van der Waals surface area contributed by atoms with E-state index in [-0.39, 0.29) is 33.7 Å². The Bertz CT molecular complexity index is 3520. The summed E-state index contributed by atoms with van der Waals surface area (Å²) in [5.41, 5.74) is 0.490. The first-order chi connectivity index (χ1) is 32.4. The topological polar surface area (TPSA) is 109 Å². The molecule has 0 unspecified atom stereocenters. The van der Waals surface area contributed by atoms with Gasteiger partial charge in [0.15, 0.2) is 69.8 Å². The summed E-state index contributed by atoms with van der Waals surface area (Å²) in [6.45, 7) is 5.49. The van der Waals surface area contributed by atoms with E-state index in [1.807, 2.05) is 20.8 Å². The number of nitrogens with two attached hydrogens (primary N) is 2. The van der Waals surface area contributed by atoms with Crippen LogP contribution >= 0.6 is 0 Å². The smallest absolute Gasteiger partial charge is 0.200 e. The Morgan fingerprint density at radius 1 is 0.333 bits per heavy atom. The second-order valence-electron chi connectivity index (χ2n) is 16.6. The number of rotatable bonds is 4. The van der Waals surface area contributed by atoms with Crippen LogP contribution in [-0.2, 0) is 5.41 Å². The van der Waals surface area contributed by atoms with Crippen LogP contribution < -0.4 is 11.5 Å². The molecule has 0 fully saturated rings. The first kappa shape index (κ1) is 46.2. The minimum atomic E-state index is -2.62. The van der Waals surface area contributed by atoms with Gasteiger partial charge in [-0.3, -0.25) is 0 Å². The number of aromatic nitrogens is 4. The fourth-order valence-corrected chi connectivity index (χ4v) is 8.14. The van der Waals surface area contributed by atoms with Gasteiger partial charge in [-0.25, -0.2) is 75.8 Å². The fraction of sp³-hybridized carbons (Fsp3) is 0.0833. The molecule has 352 valence electrons. The Labute approximate surface area is 377 Å². The van der Waals surface area contributed by atoms with Crippen LogP contribution in [0.4, 0.5) is 77.2 Å². The molecule has 6 nitrogen and oxygen atoms in total. The van der Waals surface area contributed by atoms with Crippen LogP contribution in [0.15, 0.2) is 36.4 Å². The van der Waals surface area contributed by atoms with E-state index < -0.39 is 160 Å². The normalized spacial score (nSPS) is 12.5. The van der Waals surface area contributed by atoms with Crippen molar-refractivity contribution in [2.45, 2.75) is 26.2 Å².